The Morgan fingerprint density at radius 1 is 1.26 bits per heavy atom. The standard InChI is InChI=1S/C16H24FN5O/c1-3-12-14(17)15(19-11-18-12)22-6-4-5-13(22)16(23)21-9-7-20(2)8-10-21/h11,13H,3-10H2,1-2H3/t13-/m1/s1. The summed E-state index contributed by atoms with van der Waals surface area (Å²) < 4.78 is 14.6. The highest BCUT2D eigenvalue weighted by molar-refractivity contribution is 5.85. The van der Waals surface area contributed by atoms with Crippen molar-refractivity contribution in [2.45, 2.75) is 32.2 Å². The molecule has 2 aliphatic rings. The average molecular weight is 321 g/mol. The highest BCUT2D eigenvalue weighted by atomic mass is 19.1. The van der Waals surface area contributed by atoms with Crippen molar-refractivity contribution in [3.8, 4) is 0 Å². The van der Waals surface area contributed by atoms with Gasteiger partial charge < -0.3 is 14.7 Å². The molecular weight excluding hydrogens is 297 g/mol. The number of piperazine rings is 1. The lowest BCUT2D eigenvalue weighted by atomic mass is 10.1. The number of rotatable bonds is 3. The zero-order chi connectivity index (χ0) is 16.4. The molecule has 3 heterocycles. The molecule has 1 amide bonds. The molecule has 0 spiro atoms. The third-order valence-corrected chi connectivity index (χ3v) is 4.80. The van der Waals surface area contributed by atoms with E-state index in [0.29, 0.717) is 18.7 Å². The Kier molecular flexibility index (Phi) is 4.75. The molecule has 23 heavy (non-hydrogen) atoms. The van der Waals surface area contributed by atoms with Crippen LogP contribution in [0.25, 0.3) is 0 Å². The lowest BCUT2D eigenvalue weighted by Crippen LogP contribution is -2.53. The number of aryl methyl sites for hydroxylation is 1. The molecule has 0 saturated carbocycles. The van der Waals surface area contributed by atoms with Crippen LogP contribution in [0.15, 0.2) is 6.33 Å². The van der Waals surface area contributed by atoms with E-state index in [-0.39, 0.29) is 23.6 Å². The summed E-state index contributed by atoms with van der Waals surface area (Å²) in [4.78, 5) is 26.9. The molecule has 1 atom stereocenters. The van der Waals surface area contributed by atoms with Crippen molar-refractivity contribution in [2.75, 3.05) is 44.7 Å². The van der Waals surface area contributed by atoms with Crippen LogP contribution in [0.3, 0.4) is 0 Å². The predicted molar refractivity (Wildman–Crippen MR) is 85.8 cm³/mol. The number of hydrogen-bond acceptors (Lipinski definition) is 5. The molecule has 7 heteroatoms. The quantitative estimate of drug-likeness (QED) is 0.829. The molecule has 1 aromatic rings. The van der Waals surface area contributed by atoms with Gasteiger partial charge in [-0.25, -0.2) is 14.4 Å². The SMILES string of the molecule is CCc1ncnc(N2CCC[C@@H]2C(=O)N2CCN(C)CC2)c1F. The molecule has 2 saturated heterocycles. The second-order valence-corrected chi connectivity index (χ2v) is 6.29. The molecule has 3 rings (SSSR count). The Morgan fingerprint density at radius 3 is 2.70 bits per heavy atom. The van der Waals surface area contributed by atoms with E-state index in [9.17, 15) is 9.18 Å². The molecule has 0 aliphatic carbocycles. The first-order valence-electron chi connectivity index (χ1n) is 8.35. The van der Waals surface area contributed by atoms with E-state index in [0.717, 1.165) is 39.0 Å². The summed E-state index contributed by atoms with van der Waals surface area (Å²) in [5.41, 5.74) is 0.410. The Morgan fingerprint density at radius 2 is 2.00 bits per heavy atom. The van der Waals surface area contributed by atoms with Crippen molar-refractivity contribution in [1.29, 1.82) is 0 Å². The summed E-state index contributed by atoms with van der Waals surface area (Å²) in [6.45, 7) is 5.80. The van der Waals surface area contributed by atoms with E-state index in [1.54, 1.807) is 0 Å². The van der Waals surface area contributed by atoms with Gasteiger partial charge in [-0.3, -0.25) is 4.79 Å². The molecule has 0 radical (unpaired) electrons. The van der Waals surface area contributed by atoms with Gasteiger partial charge in [0.25, 0.3) is 0 Å². The van der Waals surface area contributed by atoms with Crippen molar-refractivity contribution in [2.24, 2.45) is 0 Å². The number of halogens is 1. The topological polar surface area (TPSA) is 52.6 Å². The molecule has 0 unspecified atom stereocenters. The molecule has 0 aromatic carbocycles. The van der Waals surface area contributed by atoms with E-state index < -0.39 is 0 Å². The number of aromatic nitrogens is 2. The molecule has 2 fully saturated rings. The number of carbonyl (C=O) groups is 1. The maximum Gasteiger partial charge on any atom is 0.245 e. The van der Waals surface area contributed by atoms with Crippen LogP contribution in [0.2, 0.25) is 0 Å². The maximum atomic E-state index is 14.6. The van der Waals surface area contributed by atoms with Gasteiger partial charge in [0.05, 0.1) is 5.69 Å². The lowest BCUT2D eigenvalue weighted by Gasteiger charge is -2.36. The third kappa shape index (κ3) is 3.15. The fraction of sp³-hybridized carbons (Fsp3) is 0.688. The summed E-state index contributed by atoms with van der Waals surface area (Å²) in [7, 11) is 2.06. The van der Waals surface area contributed by atoms with Crippen LogP contribution in [0.5, 0.6) is 0 Å². The smallest absolute Gasteiger partial charge is 0.245 e. The number of hydrogen-bond donors (Lipinski definition) is 0. The van der Waals surface area contributed by atoms with Crippen LogP contribution in [0.4, 0.5) is 10.2 Å². The van der Waals surface area contributed by atoms with Gasteiger partial charge in [0.1, 0.15) is 12.4 Å². The van der Waals surface area contributed by atoms with Gasteiger partial charge in [-0.1, -0.05) is 6.92 Å². The molecule has 0 N–H and O–H groups in total. The van der Waals surface area contributed by atoms with Gasteiger partial charge in [-0.05, 0) is 26.3 Å². The first kappa shape index (κ1) is 16.1. The van der Waals surface area contributed by atoms with Crippen molar-refractivity contribution >= 4 is 11.7 Å². The second-order valence-electron chi connectivity index (χ2n) is 6.29. The normalized spacial score (nSPS) is 22.7. The van der Waals surface area contributed by atoms with E-state index in [1.807, 2.05) is 16.7 Å². The summed E-state index contributed by atoms with van der Waals surface area (Å²) >= 11 is 0. The van der Waals surface area contributed by atoms with Gasteiger partial charge >= 0.3 is 0 Å². The Hall–Kier alpha value is -1.76. The second kappa shape index (κ2) is 6.78. The van der Waals surface area contributed by atoms with Crippen LogP contribution < -0.4 is 4.90 Å². The van der Waals surface area contributed by atoms with Gasteiger partial charge in [0.2, 0.25) is 5.91 Å². The van der Waals surface area contributed by atoms with Crippen LogP contribution >= 0.6 is 0 Å². The maximum absolute atomic E-state index is 14.6. The first-order valence-corrected chi connectivity index (χ1v) is 8.35. The minimum absolute atomic E-state index is 0.103. The number of amides is 1. The van der Waals surface area contributed by atoms with Crippen molar-refractivity contribution in [1.82, 2.24) is 19.8 Å². The molecule has 6 nitrogen and oxygen atoms in total. The fourth-order valence-corrected chi connectivity index (χ4v) is 3.36. The largest absolute Gasteiger partial charge is 0.342 e. The Bertz CT molecular complexity index is 574. The lowest BCUT2D eigenvalue weighted by molar-refractivity contribution is -0.134. The monoisotopic (exact) mass is 321 g/mol. The van der Waals surface area contributed by atoms with Crippen LogP contribution in [-0.2, 0) is 11.2 Å². The van der Waals surface area contributed by atoms with Crippen LogP contribution in [-0.4, -0.2) is 71.5 Å². The van der Waals surface area contributed by atoms with Crippen molar-refractivity contribution in [3.63, 3.8) is 0 Å². The van der Waals surface area contributed by atoms with Crippen molar-refractivity contribution in [3.05, 3.63) is 17.8 Å². The first-order chi connectivity index (χ1) is 11.1. The Balaban J connectivity index is 1.79. The van der Waals surface area contributed by atoms with E-state index in [2.05, 4.69) is 21.9 Å². The summed E-state index contributed by atoms with van der Waals surface area (Å²) in [5, 5.41) is 0. The molecule has 0 bridgehead atoms. The number of carbonyl (C=O) groups excluding carboxylic acids is 1. The molecule has 2 aliphatic heterocycles. The summed E-state index contributed by atoms with van der Waals surface area (Å²) in [5.74, 6) is 0.00145. The highest BCUT2D eigenvalue weighted by Gasteiger charge is 2.36. The number of likely N-dealkylation sites (N-methyl/N-ethyl adjacent to an activating group) is 1. The summed E-state index contributed by atoms with van der Waals surface area (Å²) in [6.07, 6.45) is 3.56. The van der Waals surface area contributed by atoms with E-state index in [4.69, 9.17) is 0 Å². The average Bonchev–Trinajstić information content (AvgIpc) is 3.04. The summed E-state index contributed by atoms with van der Waals surface area (Å²) in [6, 6.07) is -0.299. The third-order valence-electron chi connectivity index (χ3n) is 4.80. The molecule has 1 aromatic heterocycles. The Labute approximate surface area is 136 Å². The number of anilines is 1. The van der Waals surface area contributed by atoms with Crippen molar-refractivity contribution < 1.29 is 9.18 Å². The minimum Gasteiger partial charge on any atom is -0.342 e. The zero-order valence-corrected chi connectivity index (χ0v) is 13.8. The zero-order valence-electron chi connectivity index (χ0n) is 13.8. The van der Waals surface area contributed by atoms with Gasteiger partial charge in [-0.2, -0.15) is 0 Å². The molecular formula is C16H24FN5O. The van der Waals surface area contributed by atoms with E-state index in [1.165, 1.54) is 6.33 Å². The van der Waals surface area contributed by atoms with Gasteiger partial charge in [-0.15, -0.1) is 0 Å². The van der Waals surface area contributed by atoms with Crippen LogP contribution in [0, 0.1) is 5.82 Å². The molecule has 126 valence electrons. The minimum atomic E-state index is -0.381. The highest BCUT2D eigenvalue weighted by Crippen LogP contribution is 2.28. The predicted octanol–water partition coefficient (Wildman–Crippen LogP) is 0.921. The van der Waals surface area contributed by atoms with Crippen LogP contribution in [0.1, 0.15) is 25.5 Å². The fourth-order valence-electron chi connectivity index (χ4n) is 3.36. The van der Waals surface area contributed by atoms with Gasteiger partial charge in [0.15, 0.2) is 11.6 Å². The van der Waals surface area contributed by atoms with Gasteiger partial charge in [0, 0.05) is 32.7 Å². The van der Waals surface area contributed by atoms with E-state index >= 15 is 0 Å². The number of nitrogens with zero attached hydrogens (tertiary/aromatic N) is 5.